The van der Waals surface area contributed by atoms with Crippen LogP contribution >= 0.6 is 0 Å². The molecule has 2 heteroatoms. The third kappa shape index (κ3) is 3.13. The monoisotopic (exact) mass is 178 g/mol. The summed E-state index contributed by atoms with van der Waals surface area (Å²) in [5.41, 5.74) is 2.09. The number of hydrogen-bond acceptors (Lipinski definition) is 2. The Morgan fingerprint density at radius 2 is 1.85 bits per heavy atom. The summed E-state index contributed by atoms with van der Waals surface area (Å²) in [6.07, 6.45) is 4.75. The summed E-state index contributed by atoms with van der Waals surface area (Å²) in [5.74, 6) is 1.39. The molecule has 0 aliphatic heterocycles. The average molecular weight is 178 g/mol. The van der Waals surface area contributed by atoms with E-state index in [9.17, 15) is 0 Å². The third-order valence-electron chi connectivity index (χ3n) is 2.50. The Morgan fingerprint density at radius 1 is 1.15 bits per heavy atom. The quantitative estimate of drug-likeness (QED) is 0.711. The number of aromatic nitrogens is 2. The van der Waals surface area contributed by atoms with Crippen molar-refractivity contribution in [2.45, 2.75) is 34.1 Å². The maximum Gasteiger partial charge on any atom is 0.0589 e. The lowest BCUT2D eigenvalue weighted by Crippen LogP contribution is -2.08. The molecule has 2 nitrogen and oxygen atoms in total. The zero-order chi connectivity index (χ0) is 9.84. The summed E-state index contributed by atoms with van der Waals surface area (Å²) in [5, 5.41) is 0. The standard InChI is InChI=1S/C11H18N2/c1-8(2)9(3)5-11-7-12-10(4)6-13-11/h6-9H,5H2,1-4H3. The second-order valence-electron chi connectivity index (χ2n) is 4.07. The summed E-state index contributed by atoms with van der Waals surface area (Å²) >= 11 is 0. The van der Waals surface area contributed by atoms with Crippen molar-refractivity contribution in [2.24, 2.45) is 11.8 Å². The second-order valence-corrected chi connectivity index (χ2v) is 4.07. The molecule has 1 unspecified atom stereocenters. The van der Waals surface area contributed by atoms with Crippen molar-refractivity contribution in [3.63, 3.8) is 0 Å². The fourth-order valence-electron chi connectivity index (χ4n) is 1.09. The van der Waals surface area contributed by atoms with Crippen LogP contribution < -0.4 is 0 Å². The molecule has 1 aromatic heterocycles. The van der Waals surface area contributed by atoms with Crippen LogP contribution in [0.25, 0.3) is 0 Å². The first-order valence-electron chi connectivity index (χ1n) is 4.87. The van der Waals surface area contributed by atoms with E-state index in [0.717, 1.165) is 17.8 Å². The molecule has 1 heterocycles. The molecule has 0 N–H and O–H groups in total. The van der Waals surface area contributed by atoms with E-state index in [1.54, 1.807) is 0 Å². The molecule has 0 fully saturated rings. The lowest BCUT2D eigenvalue weighted by Gasteiger charge is -2.14. The topological polar surface area (TPSA) is 25.8 Å². The second kappa shape index (κ2) is 4.35. The largest absolute Gasteiger partial charge is 0.258 e. The van der Waals surface area contributed by atoms with Crippen molar-refractivity contribution in [2.75, 3.05) is 0 Å². The molecular formula is C11H18N2. The van der Waals surface area contributed by atoms with Gasteiger partial charge in [0.2, 0.25) is 0 Å². The van der Waals surface area contributed by atoms with Crippen LogP contribution in [0.4, 0.5) is 0 Å². The molecular weight excluding hydrogens is 160 g/mol. The highest BCUT2D eigenvalue weighted by Gasteiger charge is 2.08. The molecule has 1 atom stereocenters. The predicted molar refractivity (Wildman–Crippen MR) is 54.5 cm³/mol. The van der Waals surface area contributed by atoms with Crippen molar-refractivity contribution in [3.05, 3.63) is 23.8 Å². The molecule has 1 aromatic rings. The summed E-state index contributed by atoms with van der Waals surface area (Å²) in [4.78, 5) is 8.57. The zero-order valence-corrected chi connectivity index (χ0v) is 8.91. The fraction of sp³-hybridized carbons (Fsp3) is 0.636. The molecule has 0 aliphatic carbocycles. The van der Waals surface area contributed by atoms with Crippen LogP contribution in [0, 0.1) is 18.8 Å². The van der Waals surface area contributed by atoms with E-state index in [2.05, 4.69) is 30.7 Å². The first-order valence-corrected chi connectivity index (χ1v) is 4.87. The smallest absolute Gasteiger partial charge is 0.0589 e. The van der Waals surface area contributed by atoms with Crippen LogP contribution in [0.3, 0.4) is 0 Å². The Hall–Kier alpha value is -0.920. The Morgan fingerprint density at radius 3 is 2.31 bits per heavy atom. The highest BCUT2D eigenvalue weighted by molar-refractivity contribution is 5.01. The van der Waals surface area contributed by atoms with E-state index >= 15 is 0 Å². The number of rotatable bonds is 3. The van der Waals surface area contributed by atoms with Gasteiger partial charge in [0.15, 0.2) is 0 Å². The normalized spacial score (nSPS) is 13.3. The molecule has 0 saturated carbocycles. The molecule has 0 aromatic carbocycles. The lowest BCUT2D eigenvalue weighted by molar-refractivity contribution is 0.413. The first-order chi connectivity index (χ1) is 6.09. The van der Waals surface area contributed by atoms with Gasteiger partial charge in [-0.05, 0) is 25.2 Å². The van der Waals surface area contributed by atoms with Crippen LogP contribution in [0.1, 0.15) is 32.2 Å². The van der Waals surface area contributed by atoms with Crippen molar-refractivity contribution in [3.8, 4) is 0 Å². The molecule has 72 valence electrons. The highest BCUT2D eigenvalue weighted by atomic mass is 14.8. The van der Waals surface area contributed by atoms with Gasteiger partial charge in [-0.1, -0.05) is 20.8 Å². The van der Waals surface area contributed by atoms with E-state index < -0.39 is 0 Å². The molecule has 0 radical (unpaired) electrons. The van der Waals surface area contributed by atoms with Gasteiger partial charge >= 0.3 is 0 Å². The van der Waals surface area contributed by atoms with Gasteiger partial charge in [-0.25, -0.2) is 0 Å². The van der Waals surface area contributed by atoms with E-state index in [1.807, 2.05) is 19.3 Å². The first kappa shape index (κ1) is 10.2. The number of hydrogen-bond donors (Lipinski definition) is 0. The Balaban J connectivity index is 2.59. The summed E-state index contributed by atoms with van der Waals surface area (Å²) in [6.45, 7) is 8.70. The van der Waals surface area contributed by atoms with E-state index in [-0.39, 0.29) is 0 Å². The highest BCUT2D eigenvalue weighted by Crippen LogP contribution is 2.14. The molecule has 0 aliphatic rings. The van der Waals surface area contributed by atoms with Gasteiger partial charge in [0.25, 0.3) is 0 Å². The van der Waals surface area contributed by atoms with Gasteiger partial charge in [0, 0.05) is 12.4 Å². The van der Waals surface area contributed by atoms with E-state index in [4.69, 9.17) is 0 Å². The van der Waals surface area contributed by atoms with Gasteiger partial charge in [-0.15, -0.1) is 0 Å². The van der Waals surface area contributed by atoms with Gasteiger partial charge in [-0.3, -0.25) is 9.97 Å². The Labute approximate surface area is 80.4 Å². The van der Waals surface area contributed by atoms with Crippen LogP contribution in [0.15, 0.2) is 12.4 Å². The average Bonchev–Trinajstić information content (AvgIpc) is 2.08. The Kier molecular flexibility index (Phi) is 3.40. The van der Waals surface area contributed by atoms with Gasteiger partial charge < -0.3 is 0 Å². The minimum absolute atomic E-state index is 0.678. The maximum absolute atomic E-state index is 4.34. The van der Waals surface area contributed by atoms with E-state index in [1.165, 1.54) is 0 Å². The molecule has 0 spiro atoms. The fourth-order valence-corrected chi connectivity index (χ4v) is 1.09. The molecule has 0 bridgehead atoms. The summed E-state index contributed by atoms with van der Waals surface area (Å²) < 4.78 is 0. The predicted octanol–water partition coefficient (Wildman–Crippen LogP) is 2.62. The third-order valence-corrected chi connectivity index (χ3v) is 2.50. The Bertz CT molecular complexity index is 251. The minimum atomic E-state index is 0.678. The zero-order valence-electron chi connectivity index (χ0n) is 8.91. The van der Waals surface area contributed by atoms with Crippen molar-refractivity contribution in [1.82, 2.24) is 9.97 Å². The molecule has 1 rings (SSSR count). The van der Waals surface area contributed by atoms with Gasteiger partial charge in [0.05, 0.1) is 11.4 Å². The molecule has 0 saturated heterocycles. The van der Waals surface area contributed by atoms with Gasteiger partial charge in [-0.2, -0.15) is 0 Å². The van der Waals surface area contributed by atoms with Crippen LogP contribution in [0.5, 0.6) is 0 Å². The number of nitrogens with zero attached hydrogens (tertiary/aromatic N) is 2. The minimum Gasteiger partial charge on any atom is -0.258 e. The molecule has 13 heavy (non-hydrogen) atoms. The maximum atomic E-state index is 4.34. The SMILES string of the molecule is Cc1cnc(CC(C)C(C)C)cn1. The van der Waals surface area contributed by atoms with Crippen LogP contribution in [-0.4, -0.2) is 9.97 Å². The summed E-state index contributed by atoms with van der Waals surface area (Å²) in [6, 6.07) is 0. The molecule has 0 amide bonds. The van der Waals surface area contributed by atoms with Crippen molar-refractivity contribution < 1.29 is 0 Å². The van der Waals surface area contributed by atoms with Gasteiger partial charge in [0.1, 0.15) is 0 Å². The lowest BCUT2D eigenvalue weighted by atomic mass is 9.93. The van der Waals surface area contributed by atoms with Crippen molar-refractivity contribution >= 4 is 0 Å². The number of aryl methyl sites for hydroxylation is 1. The van der Waals surface area contributed by atoms with Crippen LogP contribution in [0.2, 0.25) is 0 Å². The van der Waals surface area contributed by atoms with E-state index in [0.29, 0.717) is 11.8 Å². The summed E-state index contributed by atoms with van der Waals surface area (Å²) in [7, 11) is 0. The van der Waals surface area contributed by atoms with Crippen LogP contribution in [-0.2, 0) is 6.42 Å². The van der Waals surface area contributed by atoms with Crippen molar-refractivity contribution in [1.29, 1.82) is 0 Å².